The van der Waals surface area contributed by atoms with E-state index in [2.05, 4.69) is 6.92 Å². The number of hydrogen-bond donors (Lipinski definition) is 0. The Balaban J connectivity index is 1.93. The molecule has 8 nitrogen and oxygen atoms in total. The summed E-state index contributed by atoms with van der Waals surface area (Å²) < 4.78 is 23.5. The summed E-state index contributed by atoms with van der Waals surface area (Å²) in [5, 5.41) is 0. The normalized spacial score (nSPS) is 39.6. The van der Waals surface area contributed by atoms with Crippen LogP contribution < -0.4 is 0 Å². The van der Waals surface area contributed by atoms with Gasteiger partial charge in [-0.3, -0.25) is 14.4 Å². The quantitative estimate of drug-likeness (QED) is 0.314. The molecule has 4 rings (SSSR count). The highest BCUT2D eigenvalue weighted by atomic mass is 16.6. The Kier molecular flexibility index (Phi) is 6.01. The van der Waals surface area contributed by atoms with E-state index in [0.717, 1.165) is 0 Å². The number of esters is 3. The van der Waals surface area contributed by atoms with Crippen LogP contribution in [0.15, 0.2) is 22.5 Å². The maximum Gasteiger partial charge on any atom is 0.341 e. The molecule has 2 heterocycles. The second-order valence-electron chi connectivity index (χ2n) is 12.1. The topological polar surface area (TPSA) is 105 Å². The van der Waals surface area contributed by atoms with Crippen LogP contribution in [0.3, 0.4) is 0 Å². The van der Waals surface area contributed by atoms with Crippen LogP contribution in [0.2, 0.25) is 0 Å². The second-order valence-corrected chi connectivity index (χ2v) is 12.1. The third kappa shape index (κ3) is 3.54. The van der Waals surface area contributed by atoms with Crippen molar-refractivity contribution in [2.45, 2.75) is 98.4 Å². The number of carbonyl (C=O) groups excluding carboxylic acids is 4. The lowest BCUT2D eigenvalue weighted by Gasteiger charge is -2.64. The Labute approximate surface area is 212 Å². The molecule has 8 heteroatoms. The number of rotatable bonds is 2. The molecule has 36 heavy (non-hydrogen) atoms. The second kappa shape index (κ2) is 8.18. The van der Waals surface area contributed by atoms with Gasteiger partial charge >= 0.3 is 17.9 Å². The third-order valence-electron chi connectivity index (χ3n) is 9.69. The van der Waals surface area contributed by atoms with E-state index in [1.807, 2.05) is 27.7 Å². The summed E-state index contributed by atoms with van der Waals surface area (Å²) in [5.41, 5.74) is -1.82. The number of ketones is 1. The van der Waals surface area contributed by atoms with E-state index < -0.39 is 46.0 Å². The average molecular weight is 503 g/mol. The van der Waals surface area contributed by atoms with Crippen molar-refractivity contribution in [3.05, 3.63) is 22.5 Å². The fourth-order valence-electron chi connectivity index (χ4n) is 7.81. The van der Waals surface area contributed by atoms with Crippen LogP contribution >= 0.6 is 0 Å². The van der Waals surface area contributed by atoms with Crippen LogP contribution in [-0.4, -0.2) is 48.1 Å². The summed E-state index contributed by atoms with van der Waals surface area (Å²) >= 11 is 0. The first-order chi connectivity index (χ1) is 16.5. The van der Waals surface area contributed by atoms with Crippen molar-refractivity contribution in [2.75, 3.05) is 7.11 Å². The summed E-state index contributed by atoms with van der Waals surface area (Å²) in [6, 6.07) is 0. The smallest absolute Gasteiger partial charge is 0.341 e. The van der Waals surface area contributed by atoms with Gasteiger partial charge in [-0.05, 0) is 66.4 Å². The Hall–Kier alpha value is -2.64. The molecule has 0 aromatic heterocycles. The molecule has 2 aliphatic heterocycles. The van der Waals surface area contributed by atoms with Gasteiger partial charge in [-0.25, -0.2) is 4.79 Å². The zero-order valence-electron chi connectivity index (χ0n) is 22.8. The molecule has 198 valence electrons. The number of ether oxygens (including phenoxy) is 4. The largest absolute Gasteiger partial charge is 0.490 e. The van der Waals surface area contributed by atoms with Crippen molar-refractivity contribution in [1.29, 1.82) is 0 Å². The van der Waals surface area contributed by atoms with Crippen LogP contribution in [0.1, 0.15) is 81.1 Å². The van der Waals surface area contributed by atoms with Crippen molar-refractivity contribution in [1.82, 2.24) is 0 Å². The monoisotopic (exact) mass is 502 g/mol. The van der Waals surface area contributed by atoms with Gasteiger partial charge in [-0.2, -0.15) is 0 Å². The number of hydrogen-bond acceptors (Lipinski definition) is 8. The lowest BCUT2D eigenvalue weighted by molar-refractivity contribution is -0.234. The molecule has 0 aromatic rings. The van der Waals surface area contributed by atoms with Crippen molar-refractivity contribution >= 4 is 23.7 Å². The lowest BCUT2D eigenvalue weighted by Crippen LogP contribution is -2.65. The summed E-state index contributed by atoms with van der Waals surface area (Å²) in [6.45, 7) is 14.8. The van der Waals surface area contributed by atoms with E-state index in [1.54, 1.807) is 13.8 Å². The summed E-state index contributed by atoms with van der Waals surface area (Å²) in [5.74, 6) is -1.58. The van der Waals surface area contributed by atoms with Gasteiger partial charge in [0.15, 0.2) is 5.78 Å². The molecule has 4 aliphatic rings. The highest BCUT2D eigenvalue weighted by Gasteiger charge is 2.68. The maximum atomic E-state index is 13.2. The Morgan fingerprint density at radius 3 is 2.22 bits per heavy atom. The van der Waals surface area contributed by atoms with E-state index in [0.29, 0.717) is 36.2 Å². The first-order valence-corrected chi connectivity index (χ1v) is 12.7. The fourth-order valence-corrected chi connectivity index (χ4v) is 7.81. The minimum Gasteiger partial charge on any atom is -0.490 e. The molecule has 3 fully saturated rings. The predicted molar refractivity (Wildman–Crippen MR) is 129 cm³/mol. The maximum absolute atomic E-state index is 13.2. The molecular formula is C28H38O8. The molecule has 6 atom stereocenters. The van der Waals surface area contributed by atoms with Crippen molar-refractivity contribution in [3.63, 3.8) is 0 Å². The standard InChI is InChI=1S/C28H38O8/c1-14-22(31)21(24(32)33-9)15(2)26(6)13-18-27(7,36-23(14)26)11-10-17-25(4,5)35-20(30)12-19(28(17,18)8)34-16(3)29/h17-19H,10-13H2,1-9H3. The van der Waals surface area contributed by atoms with Crippen LogP contribution in [-0.2, 0) is 38.1 Å². The Morgan fingerprint density at radius 2 is 1.64 bits per heavy atom. The lowest BCUT2D eigenvalue weighted by atomic mass is 9.46. The third-order valence-corrected chi connectivity index (χ3v) is 9.69. The molecule has 0 radical (unpaired) electrons. The molecule has 0 amide bonds. The van der Waals surface area contributed by atoms with Gasteiger partial charge in [-0.1, -0.05) is 6.92 Å². The molecule has 0 spiro atoms. The molecule has 0 aromatic carbocycles. The average Bonchev–Trinajstić information content (AvgIpc) is 2.83. The highest BCUT2D eigenvalue weighted by molar-refractivity contribution is 6.25. The first kappa shape index (κ1) is 26.4. The number of cyclic esters (lactones) is 1. The minimum absolute atomic E-state index is 0.0399. The van der Waals surface area contributed by atoms with Crippen molar-refractivity contribution in [3.8, 4) is 0 Å². The molecule has 0 N–H and O–H groups in total. The summed E-state index contributed by atoms with van der Waals surface area (Å²) in [7, 11) is 1.27. The van der Waals surface area contributed by atoms with Crippen molar-refractivity contribution in [2.24, 2.45) is 22.7 Å². The zero-order valence-corrected chi connectivity index (χ0v) is 22.8. The first-order valence-electron chi connectivity index (χ1n) is 12.7. The van der Waals surface area contributed by atoms with Gasteiger partial charge < -0.3 is 18.9 Å². The van der Waals surface area contributed by atoms with E-state index in [1.165, 1.54) is 14.0 Å². The fraction of sp³-hybridized carbons (Fsp3) is 0.714. The van der Waals surface area contributed by atoms with Gasteiger partial charge in [0.05, 0.1) is 13.5 Å². The van der Waals surface area contributed by atoms with Crippen LogP contribution in [0, 0.1) is 22.7 Å². The molecule has 0 bridgehead atoms. The molecule has 2 saturated heterocycles. The molecule has 2 aliphatic carbocycles. The van der Waals surface area contributed by atoms with Gasteiger partial charge in [0.25, 0.3) is 0 Å². The molecule has 1 saturated carbocycles. The highest BCUT2D eigenvalue weighted by Crippen LogP contribution is 2.67. The number of fused-ring (bicyclic) bond motifs is 4. The number of methoxy groups -OCH3 is 1. The zero-order chi connectivity index (χ0) is 27.0. The number of carbonyl (C=O) groups is 4. The summed E-state index contributed by atoms with van der Waals surface area (Å²) in [4.78, 5) is 50.9. The van der Waals surface area contributed by atoms with Gasteiger partial charge in [0.2, 0.25) is 0 Å². The van der Waals surface area contributed by atoms with Crippen molar-refractivity contribution < 1.29 is 38.1 Å². The minimum atomic E-state index is -0.778. The Morgan fingerprint density at radius 1 is 1.00 bits per heavy atom. The number of allylic oxidation sites excluding steroid dienone is 2. The predicted octanol–water partition coefficient (Wildman–Crippen LogP) is 4.21. The number of Topliss-reactive ketones (excluding diaryl/α,β-unsaturated/α-hetero) is 1. The molecular weight excluding hydrogens is 464 g/mol. The van der Waals surface area contributed by atoms with Crippen LogP contribution in [0.5, 0.6) is 0 Å². The van der Waals surface area contributed by atoms with Gasteiger partial charge in [-0.15, -0.1) is 0 Å². The SMILES string of the molecule is COC(=O)C1=C(C)C2(C)CC3C(C)(CCC4C(C)(C)OC(=O)CC(OC(C)=O)C43C)OC2=C(C)C1=O. The van der Waals surface area contributed by atoms with Gasteiger partial charge in [0, 0.05) is 35.2 Å². The summed E-state index contributed by atoms with van der Waals surface area (Å²) in [6.07, 6.45) is 1.18. The molecule has 6 unspecified atom stereocenters. The van der Waals surface area contributed by atoms with Crippen LogP contribution in [0.4, 0.5) is 0 Å². The van der Waals surface area contributed by atoms with E-state index in [9.17, 15) is 19.2 Å². The Bertz CT molecular complexity index is 1110. The van der Waals surface area contributed by atoms with E-state index in [4.69, 9.17) is 18.9 Å². The van der Waals surface area contributed by atoms with Crippen LogP contribution in [0.25, 0.3) is 0 Å². The van der Waals surface area contributed by atoms with E-state index in [-0.39, 0.29) is 29.6 Å². The van der Waals surface area contributed by atoms with Gasteiger partial charge in [0.1, 0.15) is 28.6 Å². The van der Waals surface area contributed by atoms with E-state index >= 15 is 0 Å².